The molecule has 0 unspecified atom stereocenters. The van der Waals surface area contributed by atoms with E-state index in [-0.39, 0.29) is 18.2 Å². The predicted molar refractivity (Wildman–Crippen MR) is 125 cm³/mol. The third-order valence-corrected chi connectivity index (χ3v) is 6.66. The van der Waals surface area contributed by atoms with E-state index in [0.29, 0.717) is 66.8 Å². The maximum atomic E-state index is 12.9. The van der Waals surface area contributed by atoms with E-state index in [1.807, 2.05) is 29.6 Å². The summed E-state index contributed by atoms with van der Waals surface area (Å²) in [5.41, 5.74) is 2.30. The van der Waals surface area contributed by atoms with Crippen LogP contribution < -0.4 is 29.2 Å². The molecule has 1 N–H and O–H groups in total. The minimum Gasteiger partial charge on any atom is -0.486 e. The summed E-state index contributed by atoms with van der Waals surface area (Å²) < 4.78 is 22.4. The highest BCUT2D eigenvalue weighted by molar-refractivity contribution is 7.14. The van der Waals surface area contributed by atoms with E-state index in [1.165, 1.54) is 11.3 Å². The van der Waals surface area contributed by atoms with Crippen LogP contribution in [0.15, 0.2) is 41.8 Å². The molecule has 9 nitrogen and oxygen atoms in total. The molecule has 3 aliphatic rings. The van der Waals surface area contributed by atoms with Crippen molar-refractivity contribution in [1.82, 2.24) is 4.98 Å². The number of hydrogen-bond donors (Lipinski definition) is 1. The number of carbonyl (C=O) groups is 2. The Labute approximate surface area is 199 Å². The van der Waals surface area contributed by atoms with E-state index in [1.54, 1.807) is 17.0 Å². The van der Waals surface area contributed by atoms with E-state index in [4.69, 9.17) is 18.9 Å². The molecule has 4 heterocycles. The largest absolute Gasteiger partial charge is 0.486 e. The first-order valence-electron chi connectivity index (χ1n) is 11.0. The molecule has 6 rings (SSSR count). The molecule has 0 spiro atoms. The SMILES string of the molecule is O=C(Nc1nc(-c2ccc3c(c2)OCCO3)cs1)[C@H]1CC(=O)N(c2ccc3c(c2)OCCO3)C1. The van der Waals surface area contributed by atoms with Gasteiger partial charge >= 0.3 is 0 Å². The molecule has 2 amide bonds. The van der Waals surface area contributed by atoms with Crippen molar-refractivity contribution in [1.29, 1.82) is 0 Å². The lowest BCUT2D eigenvalue weighted by Crippen LogP contribution is -2.28. The van der Waals surface area contributed by atoms with Crippen LogP contribution in [0.5, 0.6) is 23.0 Å². The molecule has 174 valence electrons. The molecule has 0 saturated carbocycles. The summed E-state index contributed by atoms with van der Waals surface area (Å²) in [6.45, 7) is 2.32. The number of benzene rings is 2. The van der Waals surface area contributed by atoms with Gasteiger partial charge in [0.2, 0.25) is 11.8 Å². The Kier molecular flexibility index (Phi) is 5.21. The molecular formula is C24H21N3O6S. The quantitative estimate of drug-likeness (QED) is 0.613. The van der Waals surface area contributed by atoms with E-state index >= 15 is 0 Å². The smallest absolute Gasteiger partial charge is 0.231 e. The first-order chi connectivity index (χ1) is 16.6. The predicted octanol–water partition coefficient (Wildman–Crippen LogP) is 3.34. The molecule has 3 aromatic rings. The van der Waals surface area contributed by atoms with Gasteiger partial charge < -0.3 is 29.2 Å². The lowest BCUT2D eigenvalue weighted by Gasteiger charge is -2.22. The number of nitrogens with one attached hydrogen (secondary N) is 1. The van der Waals surface area contributed by atoms with Gasteiger partial charge in [-0.1, -0.05) is 0 Å². The van der Waals surface area contributed by atoms with Gasteiger partial charge in [-0.2, -0.15) is 0 Å². The molecular weight excluding hydrogens is 458 g/mol. The number of nitrogens with zero attached hydrogens (tertiary/aromatic N) is 2. The molecule has 3 aliphatic heterocycles. The van der Waals surface area contributed by atoms with Crippen LogP contribution in [0.1, 0.15) is 6.42 Å². The Balaban J connectivity index is 1.13. The lowest BCUT2D eigenvalue weighted by molar-refractivity contribution is -0.122. The van der Waals surface area contributed by atoms with Crippen LogP contribution >= 0.6 is 11.3 Å². The van der Waals surface area contributed by atoms with E-state index in [9.17, 15) is 9.59 Å². The van der Waals surface area contributed by atoms with Crippen molar-refractivity contribution < 1.29 is 28.5 Å². The summed E-state index contributed by atoms with van der Waals surface area (Å²) in [5.74, 6) is 1.87. The summed E-state index contributed by atoms with van der Waals surface area (Å²) in [4.78, 5) is 31.7. The van der Waals surface area contributed by atoms with Crippen molar-refractivity contribution in [2.45, 2.75) is 6.42 Å². The third kappa shape index (κ3) is 3.90. The topological polar surface area (TPSA) is 99.2 Å². The Hall–Kier alpha value is -3.79. The molecule has 10 heteroatoms. The van der Waals surface area contributed by atoms with Crippen LogP contribution in [0.3, 0.4) is 0 Å². The average Bonchev–Trinajstić information content (AvgIpc) is 3.50. The summed E-state index contributed by atoms with van der Waals surface area (Å²) in [5, 5.41) is 5.23. The van der Waals surface area contributed by atoms with E-state index < -0.39 is 5.92 Å². The molecule has 0 bridgehead atoms. The number of rotatable bonds is 4. The Morgan fingerprint density at radius 2 is 1.62 bits per heavy atom. The molecule has 1 aromatic heterocycles. The van der Waals surface area contributed by atoms with Crippen molar-refractivity contribution in [2.24, 2.45) is 5.92 Å². The molecule has 34 heavy (non-hydrogen) atoms. The summed E-state index contributed by atoms with van der Waals surface area (Å²) >= 11 is 1.34. The zero-order chi connectivity index (χ0) is 23.1. The number of thiazole rings is 1. The van der Waals surface area contributed by atoms with Crippen LogP contribution in [0.4, 0.5) is 10.8 Å². The number of amides is 2. The third-order valence-electron chi connectivity index (χ3n) is 5.91. The number of ether oxygens (including phenoxy) is 4. The number of aromatic nitrogens is 1. The monoisotopic (exact) mass is 479 g/mol. The second kappa shape index (κ2) is 8.53. The van der Waals surface area contributed by atoms with Crippen LogP contribution in [0.25, 0.3) is 11.3 Å². The highest BCUT2D eigenvalue weighted by Crippen LogP contribution is 2.37. The number of hydrogen-bond acceptors (Lipinski definition) is 8. The van der Waals surface area contributed by atoms with Crippen molar-refractivity contribution in [3.05, 3.63) is 41.8 Å². The Morgan fingerprint density at radius 3 is 2.38 bits per heavy atom. The average molecular weight is 480 g/mol. The number of carbonyl (C=O) groups excluding carboxylic acids is 2. The molecule has 0 aliphatic carbocycles. The van der Waals surface area contributed by atoms with Crippen LogP contribution in [0.2, 0.25) is 0 Å². The van der Waals surface area contributed by atoms with Crippen molar-refractivity contribution in [3.63, 3.8) is 0 Å². The first-order valence-corrected chi connectivity index (χ1v) is 11.9. The summed E-state index contributed by atoms with van der Waals surface area (Å²) in [7, 11) is 0. The van der Waals surface area contributed by atoms with Gasteiger partial charge in [0, 0.05) is 35.7 Å². The van der Waals surface area contributed by atoms with Crippen molar-refractivity contribution in [3.8, 4) is 34.3 Å². The van der Waals surface area contributed by atoms with Crippen molar-refractivity contribution >= 4 is 34.0 Å². The standard InChI is InChI=1S/C24H21N3O6S/c28-22-10-15(12-27(22)16-2-4-19-21(11-16)33-8-6-31-19)23(29)26-24-25-17(13-34-24)14-1-3-18-20(9-14)32-7-5-30-18/h1-4,9,11,13,15H,5-8,10,12H2,(H,25,26,29)/t15-/m0/s1. The maximum Gasteiger partial charge on any atom is 0.231 e. The maximum absolute atomic E-state index is 12.9. The zero-order valence-corrected chi connectivity index (χ0v) is 18.9. The number of anilines is 2. The van der Waals surface area contributed by atoms with Gasteiger partial charge in [0.1, 0.15) is 26.4 Å². The van der Waals surface area contributed by atoms with Gasteiger partial charge in [0.05, 0.1) is 11.6 Å². The van der Waals surface area contributed by atoms with Gasteiger partial charge in [0.25, 0.3) is 0 Å². The lowest BCUT2D eigenvalue weighted by atomic mass is 10.1. The van der Waals surface area contributed by atoms with Gasteiger partial charge in [-0.3, -0.25) is 9.59 Å². The molecule has 0 radical (unpaired) electrons. The summed E-state index contributed by atoms with van der Waals surface area (Å²) in [6, 6.07) is 11.0. The zero-order valence-electron chi connectivity index (χ0n) is 18.1. The molecule has 1 saturated heterocycles. The van der Waals surface area contributed by atoms with Gasteiger partial charge in [-0.15, -0.1) is 11.3 Å². The van der Waals surface area contributed by atoms with E-state index in [2.05, 4.69) is 10.3 Å². The van der Waals surface area contributed by atoms with Gasteiger partial charge in [0.15, 0.2) is 28.1 Å². The van der Waals surface area contributed by atoms with E-state index in [0.717, 1.165) is 11.3 Å². The normalized spacial score (nSPS) is 18.6. The van der Waals surface area contributed by atoms with Crippen LogP contribution in [-0.2, 0) is 9.59 Å². The summed E-state index contributed by atoms with van der Waals surface area (Å²) in [6.07, 6.45) is 0.140. The second-order valence-corrected chi connectivity index (χ2v) is 8.98. The fourth-order valence-electron chi connectivity index (χ4n) is 4.21. The fourth-order valence-corrected chi connectivity index (χ4v) is 4.93. The van der Waals surface area contributed by atoms with Gasteiger partial charge in [-0.25, -0.2) is 4.98 Å². The highest BCUT2D eigenvalue weighted by Gasteiger charge is 2.36. The number of fused-ring (bicyclic) bond motifs is 2. The second-order valence-electron chi connectivity index (χ2n) is 8.12. The Morgan fingerprint density at radius 1 is 0.941 bits per heavy atom. The van der Waals surface area contributed by atoms with Crippen LogP contribution in [0, 0.1) is 5.92 Å². The van der Waals surface area contributed by atoms with Crippen molar-refractivity contribution in [2.75, 3.05) is 43.2 Å². The highest BCUT2D eigenvalue weighted by atomic mass is 32.1. The van der Waals surface area contributed by atoms with Crippen LogP contribution in [-0.4, -0.2) is 49.8 Å². The minimum absolute atomic E-state index is 0.104. The fraction of sp³-hybridized carbons (Fsp3) is 0.292. The first kappa shape index (κ1) is 20.8. The Bertz CT molecular complexity index is 1280. The molecule has 2 aromatic carbocycles. The molecule has 1 fully saturated rings. The van der Waals surface area contributed by atoms with Gasteiger partial charge in [-0.05, 0) is 30.3 Å². The minimum atomic E-state index is -0.470. The molecule has 1 atom stereocenters.